The van der Waals surface area contributed by atoms with Crippen LogP contribution in [0.1, 0.15) is 30.1 Å². The van der Waals surface area contributed by atoms with Gasteiger partial charge in [0.05, 0.1) is 36.8 Å². The quantitative estimate of drug-likeness (QED) is 0.688. The zero-order chi connectivity index (χ0) is 16.8. The Labute approximate surface area is 137 Å². The highest BCUT2D eigenvalue weighted by Crippen LogP contribution is 2.31. The zero-order valence-corrected chi connectivity index (χ0v) is 13.8. The summed E-state index contributed by atoms with van der Waals surface area (Å²) in [5.74, 6) is 0.336. The number of benzene rings is 1. The van der Waals surface area contributed by atoms with Crippen LogP contribution in [-0.2, 0) is 4.74 Å². The van der Waals surface area contributed by atoms with Crippen LogP contribution in [0.3, 0.4) is 0 Å². The average molecular weight is 322 g/mol. The maximum Gasteiger partial charge on any atom is 0.337 e. The monoisotopic (exact) mass is 322 g/mol. The maximum atomic E-state index is 11.7. The van der Waals surface area contributed by atoms with Gasteiger partial charge in [-0.3, -0.25) is 0 Å². The van der Waals surface area contributed by atoms with Crippen LogP contribution in [-0.4, -0.2) is 55.6 Å². The lowest BCUT2D eigenvalue weighted by atomic mass is 9.98. The first-order valence-electron chi connectivity index (χ1n) is 8.05. The van der Waals surface area contributed by atoms with Gasteiger partial charge in [0.1, 0.15) is 0 Å². The van der Waals surface area contributed by atoms with Crippen molar-refractivity contribution in [3.05, 3.63) is 23.8 Å². The molecule has 0 bridgehead atoms. The number of hydrogen-bond donors (Lipinski definition) is 3. The number of hydrogen-bond acceptors (Lipinski definition) is 6. The lowest BCUT2D eigenvalue weighted by Crippen LogP contribution is -2.33. The minimum absolute atomic E-state index is 0.221. The topological polar surface area (TPSA) is 82.0 Å². The van der Waals surface area contributed by atoms with Crippen LogP contribution in [0, 0.1) is 5.92 Å². The number of nitrogens with one attached hydrogen (secondary N) is 1. The Kier molecular flexibility index (Phi) is 6.24. The fourth-order valence-electron chi connectivity index (χ4n) is 2.74. The molecule has 0 radical (unpaired) electrons. The van der Waals surface area contributed by atoms with Crippen molar-refractivity contribution in [2.75, 3.05) is 43.6 Å². The number of aliphatic hydroxyl groups excluding tert-OH is 2. The van der Waals surface area contributed by atoms with Crippen LogP contribution in [0.2, 0.25) is 0 Å². The number of ether oxygens (including phenoxy) is 1. The Hall–Kier alpha value is -1.79. The fraction of sp³-hybridized carbons (Fsp3) is 0.588. The molecule has 6 nitrogen and oxygen atoms in total. The Morgan fingerprint density at radius 1 is 1.43 bits per heavy atom. The van der Waals surface area contributed by atoms with Gasteiger partial charge in [0, 0.05) is 19.6 Å². The molecular weight excluding hydrogens is 296 g/mol. The van der Waals surface area contributed by atoms with E-state index in [9.17, 15) is 9.90 Å². The molecule has 1 unspecified atom stereocenters. The number of nitrogens with zero attached hydrogens (tertiary/aromatic N) is 1. The van der Waals surface area contributed by atoms with Gasteiger partial charge in [-0.2, -0.15) is 0 Å². The van der Waals surface area contributed by atoms with Gasteiger partial charge in [-0.05, 0) is 37.0 Å². The summed E-state index contributed by atoms with van der Waals surface area (Å²) in [6.45, 7) is 4.11. The van der Waals surface area contributed by atoms with Gasteiger partial charge in [-0.25, -0.2) is 4.79 Å². The highest BCUT2D eigenvalue weighted by atomic mass is 16.5. The molecule has 0 aromatic heterocycles. The standard InChI is InChI=1S/C17H26N2O4/c1-12-5-7-19(8-6-12)16-4-3-13(17(22)23-2)9-15(16)18-10-14(21)11-20/h3-4,9,12,14,18,20-21H,5-8,10-11H2,1-2H3. The molecule has 128 valence electrons. The molecular formula is C17H26N2O4. The van der Waals surface area contributed by atoms with Crippen molar-refractivity contribution >= 4 is 17.3 Å². The fourth-order valence-corrected chi connectivity index (χ4v) is 2.74. The normalized spacial score (nSPS) is 17.0. The predicted octanol–water partition coefficient (Wildman–Crippen LogP) is 1.47. The van der Waals surface area contributed by atoms with Crippen molar-refractivity contribution in [2.24, 2.45) is 5.92 Å². The summed E-state index contributed by atoms with van der Waals surface area (Å²) >= 11 is 0. The van der Waals surface area contributed by atoms with Crippen LogP contribution in [0.15, 0.2) is 18.2 Å². The molecule has 0 amide bonds. The van der Waals surface area contributed by atoms with Gasteiger partial charge in [-0.15, -0.1) is 0 Å². The zero-order valence-electron chi connectivity index (χ0n) is 13.8. The number of aliphatic hydroxyl groups is 2. The van der Waals surface area contributed by atoms with Crippen molar-refractivity contribution in [3.63, 3.8) is 0 Å². The third kappa shape index (κ3) is 4.59. The van der Waals surface area contributed by atoms with Crippen LogP contribution >= 0.6 is 0 Å². The molecule has 1 aromatic carbocycles. The Morgan fingerprint density at radius 3 is 2.74 bits per heavy atom. The van der Waals surface area contributed by atoms with E-state index < -0.39 is 12.1 Å². The number of anilines is 2. The molecule has 1 aliphatic rings. The largest absolute Gasteiger partial charge is 0.465 e. The summed E-state index contributed by atoms with van der Waals surface area (Å²) < 4.78 is 4.77. The number of rotatable bonds is 6. The maximum absolute atomic E-state index is 11.7. The van der Waals surface area contributed by atoms with Crippen molar-refractivity contribution < 1.29 is 19.7 Å². The van der Waals surface area contributed by atoms with Crippen LogP contribution in [0.4, 0.5) is 11.4 Å². The first-order chi connectivity index (χ1) is 11.0. The SMILES string of the molecule is COC(=O)c1ccc(N2CCC(C)CC2)c(NCC(O)CO)c1. The number of carbonyl (C=O) groups is 1. The van der Waals surface area contributed by atoms with Crippen LogP contribution < -0.4 is 10.2 Å². The minimum Gasteiger partial charge on any atom is -0.465 e. The van der Waals surface area contributed by atoms with Gasteiger partial charge in [0.15, 0.2) is 0 Å². The first-order valence-corrected chi connectivity index (χ1v) is 8.05. The number of carbonyl (C=O) groups excluding carboxylic acids is 1. The molecule has 1 aliphatic heterocycles. The second kappa shape index (κ2) is 8.17. The van der Waals surface area contributed by atoms with Gasteiger partial charge in [0.2, 0.25) is 0 Å². The second-order valence-electron chi connectivity index (χ2n) is 6.11. The smallest absolute Gasteiger partial charge is 0.337 e. The molecule has 1 heterocycles. The van der Waals surface area contributed by atoms with Crippen molar-refractivity contribution in [1.29, 1.82) is 0 Å². The summed E-state index contributed by atoms with van der Waals surface area (Å²) in [6, 6.07) is 5.41. The molecule has 1 fully saturated rings. The lowest BCUT2D eigenvalue weighted by molar-refractivity contribution is 0.0601. The second-order valence-corrected chi connectivity index (χ2v) is 6.11. The Balaban J connectivity index is 2.22. The highest BCUT2D eigenvalue weighted by molar-refractivity contribution is 5.92. The van der Waals surface area contributed by atoms with E-state index in [1.807, 2.05) is 6.07 Å². The molecule has 3 N–H and O–H groups in total. The van der Waals surface area contributed by atoms with E-state index in [0.29, 0.717) is 5.56 Å². The molecule has 1 aromatic rings. The number of methoxy groups -OCH3 is 1. The van der Waals surface area contributed by atoms with Gasteiger partial charge in [0.25, 0.3) is 0 Å². The predicted molar refractivity (Wildman–Crippen MR) is 90.0 cm³/mol. The third-order valence-electron chi connectivity index (χ3n) is 4.28. The lowest BCUT2D eigenvalue weighted by Gasteiger charge is -2.33. The van der Waals surface area contributed by atoms with E-state index in [-0.39, 0.29) is 13.2 Å². The molecule has 1 atom stereocenters. The molecule has 2 rings (SSSR count). The van der Waals surface area contributed by atoms with Crippen molar-refractivity contribution in [2.45, 2.75) is 25.9 Å². The van der Waals surface area contributed by atoms with Crippen LogP contribution in [0.5, 0.6) is 0 Å². The number of piperidine rings is 1. The summed E-state index contributed by atoms with van der Waals surface area (Å²) in [6.07, 6.45) is 1.43. The molecule has 0 saturated carbocycles. The van der Waals surface area contributed by atoms with Gasteiger partial charge in [-0.1, -0.05) is 6.92 Å². The van der Waals surface area contributed by atoms with Crippen molar-refractivity contribution in [1.82, 2.24) is 0 Å². The highest BCUT2D eigenvalue weighted by Gasteiger charge is 2.20. The molecule has 0 aliphatic carbocycles. The molecule has 1 saturated heterocycles. The van der Waals surface area contributed by atoms with Crippen LogP contribution in [0.25, 0.3) is 0 Å². The van der Waals surface area contributed by atoms with E-state index >= 15 is 0 Å². The summed E-state index contributed by atoms with van der Waals surface area (Å²) in [7, 11) is 1.35. The third-order valence-corrected chi connectivity index (χ3v) is 4.28. The summed E-state index contributed by atoms with van der Waals surface area (Å²) in [4.78, 5) is 14.0. The van der Waals surface area contributed by atoms with E-state index in [4.69, 9.17) is 9.84 Å². The van der Waals surface area contributed by atoms with E-state index in [2.05, 4.69) is 17.1 Å². The Morgan fingerprint density at radius 2 is 2.13 bits per heavy atom. The van der Waals surface area contributed by atoms with E-state index in [0.717, 1.165) is 43.2 Å². The van der Waals surface area contributed by atoms with E-state index in [1.54, 1.807) is 12.1 Å². The molecule has 6 heteroatoms. The number of esters is 1. The van der Waals surface area contributed by atoms with Gasteiger partial charge >= 0.3 is 5.97 Å². The van der Waals surface area contributed by atoms with Gasteiger partial charge < -0.3 is 25.2 Å². The minimum atomic E-state index is -0.842. The average Bonchev–Trinajstić information content (AvgIpc) is 2.59. The summed E-state index contributed by atoms with van der Waals surface area (Å²) in [5, 5.41) is 21.7. The first kappa shape index (κ1) is 17.6. The summed E-state index contributed by atoms with van der Waals surface area (Å²) in [5.41, 5.74) is 2.24. The Bertz CT molecular complexity index is 527. The van der Waals surface area contributed by atoms with Crippen molar-refractivity contribution in [3.8, 4) is 0 Å². The van der Waals surface area contributed by atoms with E-state index in [1.165, 1.54) is 7.11 Å². The molecule has 0 spiro atoms. The molecule has 23 heavy (non-hydrogen) atoms.